The number of aryl methyl sites for hydroxylation is 1. The molecule has 28 heavy (non-hydrogen) atoms. The minimum Gasteiger partial charge on any atom is -0.321 e. The zero-order valence-corrected chi connectivity index (χ0v) is 15.4. The van der Waals surface area contributed by atoms with Gasteiger partial charge in [0.05, 0.1) is 11.9 Å². The molecule has 1 N–H and O–H groups in total. The number of fused-ring (bicyclic) bond motifs is 1. The maximum atomic E-state index is 13.0. The fraction of sp³-hybridized carbons (Fsp3) is 0.0870. The Bertz CT molecular complexity index is 1210. The molecule has 0 spiro atoms. The van der Waals surface area contributed by atoms with Gasteiger partial charge in [-0.25, -0.2) is 4.68 Å². The smallest absolute Gasteiger partial charge is 0.276 e. The van der Waals surface area contributed by atoms with Gasteiger partial charge >= 0.3 is 0 Å². The van der Waals surface area contributed by atoms with E-state index in [1.54, 1.807) is 24.3 Å². The molecule has 4 rings (SSSR count). The highest BCUT2D eigenvalue weighted by Crippen LogP contribution is 2.17. The van der Waals surface area contributed by atoms with Gasteiger partial charge in [-0.1, -0.05) is 60.7 Å². The lowest BCUT2D eigenvalue weighted by molar-refractivity contribution is 0.102. The zero-order chi connectivity index (χ0) is 19.5. The van der Waals surface area contributed by atoms with E-state index < -0.39 is 0 Å². The number of hydrogen-bond donors (Lipinski definition) is 1. The Balaban J connectivity index is 1.79. The van der Waals surface area contributed by atoms with Gasteiger partial charge in [-0.05, 0) is 36.2 Å². The molecule has 1 aromatic heterocycles. The number of hydrogen-bond acceptors (Lipinski definition) is 3. The van der Waals surface area contributed by atoms with Crippen molar-refractivity contribution < 1.29 is 4.79 Å². The van der Waals surface area contributed by atoms with Gasteiger partial charge < -0.3 is 5.32 Å². The van der Waals surface area contributed by atoms with Crippen molar-refractivity contribution in [1.29, 1.82) is 0 Å². The molecule has 0 atom stereocenters. The predicted octanol–water partition coefficient (Wildman–Crippen LogP) is 4.01. The van der Waals surface area contributed by atoms with Crippen LogP contribution in [-0.4, -0.2) is 15.7 Å². The van der Waals surface area contributed by atoms with E-state index in [0.29, 0.717) is 23.0 Å². The van der Waals surface area contributed by atoms with Gasteiger partial charge in [0.2, 0.25) is 0 Å². The first-order chi connectivity index (χ1) is 13.6. The molecule has 5 heteroatoms. The van der Waals surface area contributed by atoms with E-state index in [0.717, 1.165) is 11.1 Å². The van der Waals surface area contributed by atoms with Gasteiger partial charge in [-0.3, -0.25) is 9.59 Å². The van der Waals surface area contributed by atoms with Crippen molar-refractivity contribution in [2.45, 2.75) is 13.5 Å². The SMILES string of the molecule is Cc1cccc(NC(=O)c2nn(Cc3ccccc3)c(=O)c3ccccc23)c1. The Morgan fingerprint density at radius 3 is 2.39 bits per heavy atom. The molecule has 4 aromatic rings. The van der Waals surface area contributed by atoms with Crippen molar-refractivity contribution in [3.05, 3.63) is 106 Å². The summed E-state index contributed by atoms with van der Waals surface area (Å²) in [7, 11) is 0. The van der Waals surface area contributed by atoms with Gasteiger partial charge in [0.25, 0.3) is 11.5 Å². The van der Waals surface area contributed by atoms with Crippen LogP contribution < -0.4 is 10.9 Å². The molecular weight excluding hydrogens is 350 g/mol. The number of benzene rings is 3. The summed E-state index contributed by atoms with van der Waals surface area (Å²) in [4.78, 5) is 25.8. The monoisotopic (exact) mass is 369 g/mol. The average molecular weight is 369 g/mol. The van der Waals surface area contributed by atoms with Crippen LogP contribution in [0, 0.1) is 6.92 Å². The lowest BCUT2D eigenvalue weighted by Crippen LogP contribution is -2.28. The molecule has 0 fully saturated rings. The number of nitrogens with zero attached hydrogens (tertiary/aromatic N) is 2. The molecule has 0 aliphatic heterocycles. The Kier molecular flexibility index (Phi) is 4.72. The highest BCUT2D eigenvalue weighted by molar-refractivity contribution is 6.11. The third-order valence-corrected chi connectivity index (χ3v) is 4.53. The number of carbonyl (C=O) groups excluding carboxylic acids is 1. The predicted molar refractivity (Wildman–Crippen MR) is 111 cm³/mol. The van der Waals surface area contributed by atoms with E-state index in [1.165, 1.54) is 4.68 Å². The summed E-state index contributed by atoms with van der Waals surface area (Å²) in [6, 6.07) is 24.2. The van der Waals surface area contributed by atoms with Crippen LogP contribution in [0.1, 0.15) is 21.6 Å². The molecule has 1 amide bonds. The zero-order valence-electron chi connectivity index (χ0n) is 15.4. The van der Waals surface area contributed by atoms with Crippen molar-refractivity contribution in [2.75, 3.05) is 5.32 Å². The first-order valence-electron chi connectivity index (χ1n) is 9.03. The van der Waals surface area contributed by atoms with E-state index in [9.17, 15) is 9.59 Å². The first kappa shape index (κ1) is 17.7. The molecule has 0 saturated heterocycles. The van der Waals surface area contributed by atoms with Crippen LogP contribution in [-0.2, 0) is 6.54 Å². The van der Waals surface area contributed by atoms with Crippen molar-refractivity contribution in [3.8, 4) is 0 Å². The van der Waals surface area contributed by atoms with Gasteiger partial charge in [-0.2, -0.15) is 5.10 Å². The molecule has 0 radical (unpaired) electrons. The largest absolute Gasteiger partial charge is 0.321 e. The summed E-state index contributed by atoms with van der Waals surface area (Å²) in [5, 5.41) is 8.31. The summed E-state index contributed by atoms with van der Waals surface area (Å²) in [6.07, 6.45) is 0. The van der Waals surface area contributed by atoms with Crippen molar-refractivity contribution in [1.82, 2.24) is 9.78 Å². The summed E-state index contributed by atoms with van der Waals surface area (Å²) in [6.45, 7) is 2.26. The summed E-state index contributed by atoms with van der Waals surface area (Å²) < 4.78 is 1.35. The van der Waals surface area contributed by atoms with Crippen LogP contribution >= 0.6 is 0 Å². The number of rotatable bonds is 4. The molecule has 0 unspecified atom stereocenters. The average Bonchev–Trinajstić information content (AvgIpc) is 2.71. The maximum absolute atomic E-state index is 13.0. The highest BCUT2D eigenvalue weighted by Gasteiger charge is 2.17. The molecule has 0 aliphatic carbocycles. The van der Waals surface area contributed by atoms with E-state index in [1.807, 2.05) is 61.5 Å². The van der Waals surface area contributed by atoms with Gasteiger partial charge in [0.15, 0.2) is 5.69 Å². The molecule has 0 aliphatic rings. The topological polar surface area (TPSA) is 64.0 Å². The third-order valence-electron chi connectivity index (χ3n) is 4.53. The van der Waals surface area contributed by atoms with Gasteiger partial charge in [-0.15, -0.1) is 0 Å². The number of carbonyl (C=O) groups is 1. The summed E-state index contributed by atoms with van der Waals surface area (Å²) >= 11 is 0. The molecule has 0 bridgehead atoms. The molecular formula is C23H19N3O2. The standard InChI is InChI=1S/C23H19N3O2/c1-16-8-7-11-18(14-16)24-22(27)21-19-12-5-6-13-20(19)23(28)26(25-21)15-17-9-3-2-4-10-17/h2-14H,15H2,1H3,(H,24,27). The summed E-state index contributed by atoms with van der Waals surface area (Å²) in [5.74, 6) is -0.344. The Hall–Kier alpha value is -3.73. The second-order valence-corrected chi connectivity index (χ2v) is 6.67. The minimum atomic E-state index is -0.344. The quantitative estimate of drug-likeness (QED) is 0.591. The molecule has 0 saturated carbocycles. The normalized spacial score (nSPS) is 10.8. The highest BCUT2D eigenvalue weighted by atomic mass is 16.2. The van der Waals surface area contributed by atoms with E-state index in [4.69, 9.17) is 0 Å². The second-order valence-electron chi connectivity index (χ2n) is 6.67. The maximum Gasteiger partial charge on any atom is 0.276 e. The van der Waals surface area contributed by atoms with E-state index in [-0.39, 0.29) is 17.2 Å². The fourth-order valence-electron chi connectivity index (χ4n) is 3.18. The molecule has 138 valence electrons. The third kappa shape index (κ3) is 3.55. The van der Waals surface area contributed by atoms with E-state index >= 15 is 0 Å². The van der Waals surface area contributed by atoms with Crippen molar-refractivity contribution in [2.24, 2.45) is 0 Å². The van der Waals surface area contributed by atoms with Crippen LogP contribution in [0.3, 0.4) is 0 Å². The van der Waals surface area contributed by atoms with Gasteiger partial charge in [0.1, 0.15) is 0 Å². The number of anilines is 1. The van der Waals surface area contributed by atoms with Crippen LogP contribution in [0.2, 0.25) is 0 Å². The fourth-order valence-corrected chi connectivity index (χ4v) is 3.18. The number of amides is 1. The number of aromatic nitrogens is 2. The lowest BCUT2D eigenvalue weighted by atomic mass is 10.1. The number of nitrogens with one attached hydrogen (secondary N) is 1. The first-order valence-corrected chi connectivity index (χ1v) is 9.03. The van der Waals surface area contributed by atoms with Crippen molar-refractivity contribution >= 4 is 22.4 Å². The van der Waals surface area contributed by atoms with Gasteiger partial charge in [0, 0.05) is 11.1 Å². The van der Waals surface area contributed by atoms with Crippen LogP contribution in [0.25, 0.3) is 10.8 Å². The second kappa shape index (κ2) is 7.48. The molecule has 3 aromatic carbocycles. The van der Waals surface area contributed by atoms with Crippen LogP contribution in [0.15, 0.2) is 83.7 Å². The lowest BCUT2D eigenvalue weighted by Gasteiger charge is -2.12. The Morgan fingerprint density at radius 2 is 1.64 bits per heavy atom. The Morgan fingerprint density at radius 1 is 0.929 bits per heavy atom. The van der Waals surface area contributed by atoms with Crippen LogP contribution in [0.4, 0.5) is 5.69 Å². The minimum absolute atomic E-state index is 0.216. The van der Waals surface area contributed by atoms with Crippen molar-refractivity contribution in [3.63, 3.8) is 0 Å². The molecule has 5 nitrogen and oxygen atoms in total. The summed E-state index contributed by atoms with van der Waals surface area (Å²) in [5.41, 5.74) is 2.69. The molecule has 1 heterocycles. The van der Waals surface area contributed by atoms with E-state index in [2.05, 4.69) is 10.4 Å². The Labute approximate surface area is 162 Å². The van der Waals surface area contributed by atoms with Crippen LogP contribution in [0.5, 0.6) is 0 Å².